The Morgan fingerprint density at radius 2 is 2.15 bits per heavy atom. The van der Waals surface area contributed by atoms with Crippen LogP contribution in [-0.4, -0.2) is 15.6 Å². The van der Waals surface area contributed by atoms with E-state index in [1.165, 1.54) is 31.7 Å². The minimum Gasteiger partial charge on any atom is -0.327 e. The lowest BCUT2D eigenvalue weighted by atomic mass is 10.2. The molecule has 2 aromatic rings. The molecule has 3 nitrogen and oxygen atoms in total. The van der Waals surface area contributed by atoms with Crippen molar-refractivity contribution in [1.29, 1.82) is 0 Å². The molecule has 1 aromatic carbocycles. The first-order chi connectivity index (χ1) is 9.79. The van der Waals surface area contributed by atoms with Gasteiger partial charge >= 0.3 is 0 Å². The van der Waals surface area contributed by atoms with E-state index in [0.29, 0.717) is 11.6 Å². The van der Waals surface area contributed by atoms with Gasteiger partial charge in [-0.2, -0.15) is 0 Å². The molecule has 1 N–H and O–H groups in total. The zero-order chi connectivity index (χ0) is 13.9. The van der Waals surface area contributed by atoms with Crippen molar-refractivity contribution in [3.63, 3.8) is 0 Å². The maximum Gasteiger partial charge on any atom is 0.151 e. The molecule has 0 saturated heterocycles. The minimum atomic E-state index is -0.223. The van der Waals surface area contributed by atoms with E-state index in [1.807, 2.05) is 6.07 Å². The molecular formula is C16H22FN3. The molecule has 0 atom stereocenters. The molecule has 4 heteroatoms. The van der Waals surface area contributed by atoms with Gasteiger partial charge in [-0.05, 0) is 31.4 Å². The molecule has 1 aliphatic carbocycles. The SMILES string of the molecule is CCCn1c(CNC2CCCC2)nc2c(F)cccc21. The molecule has 1 saturated carbocycles. The van der Waals surface area contributed by atoms with Gasteiger partial charge in [-0.15, -0.1) is 0 Å². The Kier molecular flexibility index (Phi) is 4.01. The minimum absolute atomic E-state index is 0.223. The largest absolute Gasteiger partial charge is 0.327 e. The maximum atomic E-state index is 13.9. The number of benzene rings is 1. The lowest BCUT2D eigenvalue weighted by Crippen LogP contribution is -2.27. The standard InChI is InChI=1S/C16H22FN3/c1-2-10-20-14-9-5-8-13(17)16(14)19-15(20)11-18-12-6-3-4-7-12/h5,8-9,12,18H,2-4,6-7,10-11H2,1H3. The number of fused-ring (bicyclic) bond motifs is 1. The van der Waals surface area contributed by atoms with Crippen LogP contribution in [0.25, 0.3) is 11.0 Å². The molecule has 0 radical (unpaired) electrons. The van der Waals surface area contributed by atoms with Crippen molar-refractivity contribution in [3.05, 3.63) is 29.8 Å². The average molecular weight is 275 g/mol. The second-order valence-corrected chi connectivity index (χ2v) is 5.65. The summed E-state index contributed by atoms with van der Waals surface area (Å²) in [6, 6.07) is 5.81. The predicted molar refractivity (Wildman–Crippen MR) is 79.1 cm³/mol. The third kappa shape index (κ3) is 2.57. The van der Waals surface area contributed by atoms with Crippen LogP contribution >= 0.6 is 0 Å². The van der Waals surface area contributed by atoms with E-state index in [-0.39, 0.29) is 5.82 Å². The Balaban J connectivity index is 1.87. The highest BCUT2D eigenvalue weighted by atomic mass is 19.1. The van der Waals surface area contributed by atoms with Gasteiger partial charge in [-0.3, -0.25) is 0 Å². The summed E-state index contributed by atoms with van der Waals surface area (Å²) in [6.07, 6.45) is 6.17. The fraction of sp³-hybridized carbons (Fsp3) is 0.562. The van der Waals surface area contributed by atoms with Crippen LogP contribution in [0.1, 0.15) is 44.9 Å². The van der Waals surface area contributed by atoms with Gasteiger partial charge in [0.1, 0.15) is 11.3 Å². The van der Waals surface area contributed by atoms with Gasteiger partial charge in [0.15, 0.2) is 5.82 Å². The van der Waals surface area contributed by atoms with Gasteiger partial charge in [-0.25, -0.2) is 9.37 Å². The lowest BCUT2D eigenvalue weighted by molar-refractivity contribution is 0.500. The monoisotopic (exact) mass is 275 g/mol. The number of hydrogen-bond donors (Lipinski definition) is 1. The Bertz CT molecular complexity index is 585. The van der Waals surface area contributed by atoms with Gasteiger partial charge in [-0.1, -0.05) is 25.8 Å². The fourth-order valence-corrected chi connectivity index (χ4v) is 3.13. The first kappa shape index (κ1) is 13.6. The number of nitrogens with one attached hydrogen (secondary N) is 1. The first-order valence-electron chi connectivity index (χ1n) is 7.66. The molecule has 1 aliphatic rings. The predicted octanol–water partition coefficient (Wildman–Crippen LogP) is 3.62. The van der Waals surface area contributed by atoms with Crippen molar-refractivity contribution in [3.8, 4) is 0 Å². The number of rotatable bonds is 5. The highest BCUT2D eigenvalue weighted by molar-refractivity contribution is 5.76. The fourth-order valence-electron chi connectivity index (χ4n) is 3.13. The van der Waals surface area contributed by atoms with E-state index in [2.05, 4.69) is 21.8 Å². The molecule has 108 valence electrons. The van der Waals surface area contributed by atoms with Crippen LogP contribution in [0.4, 0.5) is 4.39 Å². The average Bonchev–Trinajstić information content (AvgIpc) is 3.06. The quantitative estimate of drug-likeness (QED) is 0.903. The summed E-state index contributed by atoms with van der Waals surface area (Å²) in [5.74, 6) is 0.735. The molecule has 1 fully saturated rings. The maximum absolute atomic E-state index is 13.9. The number of para-hydroxylation sites is 1. The van der Waals surface area contributed by atoms with Crippen molar-refractivity contribution in [2.45, 2.75) is 58.2 Å². The van der Waals surface area contributed by atoms with Crippen molar-refractivity contribution >= 4 is 11.0 Å². The van der Waals surface area contributed by atoms with Crippen LogP contribution in [-0.2, 0) is 13.1 Å². The number of imidazole rings is 1. The summed E-state index contributed by atoms with van der Waals surface area (Å²) in [5, 5.41) is 3.57. The summed E-state index contributed by atoms with van der Waals surface area (Å²) in [4.78, 5) is 4.52. The van der Waals surface area contributed by atoms with E-state index >= 15 is 0 Å². The highest BCUT2D eigenvalue weighted by Gasteiger charge is 2.17. The molecule has 0 aliphatic heterocycles. The topological polar surface area (TPSA) is 29.9 Å². The summed E-state index contributed by atoms with van der Waals surface area (Å²) in [5.41, 5.74) is 1.42. The normalized spacial score (nSPS) is 16.3. The van der Waals surface area contributed by atoms with Gasteiger partial charge in [0.05, 0.1) is 12.1 Å². The summed E-state index contributed by atoms with van der Waals surface area (Å²) in [7, 11) is 0. The molecule has 3 rings (SSSR count). The summed E-state index contributed by atoms with van der Waals surface area (Å²) in [6.45, 7) is 3.76. The zero-order valence-electron chi connectivity index (χ0n) is 12.0. The van der Waals surface area contributed by atoms with E-state index in [9.17, 15) is 4.39 Å². The molecule has 1 aromatic heterocycles. The number of aryl methyl sites for hydroxylation is 1. The number of halogens is 1. The Labute approximate surface area is 119 Å². The van der Waals surface area contributed by atoms with Gasteiger partial charge in [0.2, 0.25) is 0 Å². The lowest BCUT2D eigenvalue weighted by Gasteiger charge is -2.13. The number of aromatic nitrogens is 2. The summed E-state index contributed by atoms with van der Waals surface area (Å²) >= 11 is 0. The Hall–Kier alpha value is -1.42. The van der Waals surface area contributed by atoms with Crippen LogP contribution < -0.4 is 5.32 Å². The number of nitrogens with zero attached hydrogens (tertiary/aromatic N) is 2. The molecule has 0 amide bonds. The van der Waals surface area contributed by atoms with Gasteiger partial charge < -0.3 is 9.88 Å². The van der Waals surface area contributed by atoms with E-state index in [1.54, 1.807) is 6.07 Å². The third-order valence-corrected chi connectivity index (χ3v) is 4.16. The second-order valence-electron chi connectivity index (χ2n) is 5.65. The Morgan fingerprint density at radius 1 is 1.35 bits per heavy atom. The van der Waals surface area contributed by atoms with Crippen LogP contribution in [0.15, 0.2) is 18.2 Å². The Morgan fingerprint density at radius 3 is 2.90 bits per heavy atom. The second kappa shape index (κ2) is 5.92. The van der Waals surface area contributed by atoms with Crippen LogP contribution in [0, 0.1) is 5.82 Å². The summed E-state index contributed by atoms with van der Waals surface area (Å²) < 4.78 is 16.0. The van der Waals surface area contributed by atoms with Crippen molar-refractivity contribution in [2.24, 2.45) is 0 Å². The molecular weight excluding hydrogens is 253 g/mol. The molecule has 20 heavy (non-hydrogen) atoms. The molecule has 0 bridgehead atoms. The number of hydrogen-bond acceptors (Lipinski definition) is 2. The van der Waals surface area contributed by atoms with Gasteiger partial charge in [0, 0.05) is 12.6 Å². The van der Waals surface area contributed by atoms with Crippen molar-refractivity contribution in [1.82, 2.24) is 14.9 Å². The van der Waals surface area contributed by atoms with Crippen molar-refractivity contribution < 1.29 is 4.39 Å². The molecule has 1 heterocycles. The van der Waals surface area contributed by atoms with Crippen LogP contribution in [0.3, 0.4) is 0 Å². The van der Waals surface area contributed by atoms with E-state index < -0.39 is 0 Å². The first-order valence-corrected chi connectivity index (χ1v) is 7.66. The third-order valence-electron chi connectivity index (χ3n) is 4.16. The van der Waals surface area contributed by atoms with Crippen LogP contribution in [0.2, 0.25) is 0 Å². The zero-order valence-corrected chi connectivity index (χ0v) is 12.0. The van der Waals surface area contributed by atoms with Crippen LogP contribution in [0.5, 0.6) is 0 Å². The molecule has 0 spiro atoms. The molecule has 0 unspecified atom stereocenters. The van der Waals surface area contributed by atoms with Gasteiger partial charge in [0.25, 0.3) is 0 Å². The van der Waals surface area contributed by atoms with Crippen molar-refractivity contribution in [2.75, 3.05) is 0 Å². The smallest absolute Gasteiger partial charge is 0.151 e. The van der Waals surface area contributed by atoms with E-state index in [0.717, 1.165) is 30.9 Å². The highest BCUT2D eigenvalue weighted by Crippen LogP contribution is 2.21. The van der Waals surface area contributed by atoms with E-state index in [4.69, 9.17) is 0 Å².